The molecule has 2 aliphatic carbocycles. The van der Waals surface area contributed by atoms with Crippen LogP contribution in [0.3, 0.4) is 0 Å². The van der Waals surface area contributed by atoms with Crippen LogP contribution in [0.4, 0.5) is 0 Å². The van der Waals surface area contributed by atoms with E-state index in [0.717, 1.165) is 24.8 Å². The van der Waals surface area contributed by atoms with E-state index in [1.165, 1.54) is 10.5 Å². The summed E-state index contributed by atoms with van der Waals surface area (Å²) in [6.07, 6.45) is 5.92. The standard InChI is InChI=1S/C17H22N2O3S/c1-11-6-12(9-18-8-11)15(20)19-14-7-13-4-5-17(14,16(13,2)3)10-23(19,21)22/h6,8-9,13-14H,4-5,7,10H2,1-3H3/t13-,14-,17-/m1/s1. The van der Waals surface area contributed by atoms with Crippen LogP contribution in [0.5, 0.6) is 0 Å². The first-order chi connectivity index (χ1) is 10.7. The van der Waals surface area contributed by atoms with E-state index in [-0.39, 0.29) is 22.6 Å². The highest BCUT2D eigenvalue weighted by molar-refractivity contribution is 7.90. The topological polar surface area (TPSA) is 67.3 Å². The monoisotopic (exact) mass is 334 g/mol. The minimum Gasteiger partial charge on any atom is -0.268 e. The van der Waals surface area contributed by atoms with Crippen LogP contribution in [0.1, 0.15) is 49.0 Å². The van der Waals surface area contributed by atoms with Crippen LogP contribution in [0.2, 0.25) is 0 Å². The molecule has 0 N–H and O–H groups in total. The van der Waals surface area contributed by atoms with Crippen LogP contribution in [-0.4, -0.2) is 35.4 Å². The van der Waals surface area contributed by atoms with Gasteiger partial charge in [0.05, 0.1) is 17.4 Å². The first-order valence-electron chi connectivity index (χ1n) is 8.17. The fourth-order valence-electron chi connectivity index (χ4n) is 5.36. The number of carbonyl (C=O) groups is 1. The number of carbonyl (C=O) groups excluding carboxylic acids is 1. The predicted molar refractivity (Wildman–Crippen MR) is 86.3 cm³/mol. The number of rotatable bonds is 1. The molecule has 0 aromatic carbocycles. The third-order valence-corrected chi connectivity index (χ3v) is 8.63. The average molecular weight is 334 g/mol. The molecule has 0 unspecified atom stereocenters. The Labute approximate surface area is 137 Å². The van der Waals surface area contributed by atoms with Gasteiger partial charge in [-0.3, -0.25) is 9.78 Å². The molecule has 0 radical (unpaired) electrons. The van der Waals surface area contributed by atoms with Crippen molar-refractivity contribution in [1.29, 1.82) is 0 Å². The van der Waals surface area contributed by atoms with Crippen molar-refractivity contribution in [3.63, 3.8) is 0 Å². The molecule has 1 amide bonds. The second kappa shape index (κ2) is 4.35. The lowest BCUT2D eigenvalue weighted by atomic mass is 9.69. The van der Waals surface area contributed by atoms with Crippen molar-refractivity contribution in [3.8, 4) is 0 Å². The maximum Gasteiger partial charge on any atom is 0.269 e. The summed E-state index contributed by atoms with van der Waals surface area (Å²) in [6, 6.07) is 1.53. The Morgan fingerprint density at radius 3 is 2.74 bits per heavy atom. The highest BCUT2D eigenvalue weighted by Gasteiger charge is 2.72. The number of pyridine rings is 1. The number of hydrogen-bond acceptors (Lipinski definition) is 4. The smallest absolute Gasteiger partial charge is 0.268 e. The molecule has 1 saturated heterocycles. The van der Waals surface area contributed by atoms with Gasteiger partial charge in [-0.15, -0.1) is 0 Å². The Morgan fingerprint density at radius 2 is 2.09 bits per heavy atom. The van der Waals surface area contributed by atoms with E-state index in [9.17, 15) is 13.2 Å². The fraction of sp³-hybridized carbons (Fsp3) is 0.647. The number of nitrogens with zero attached hydrogens (tertiary/aromatic N) is 2. The van der Waals surface area contributed by atoms with Crippen molar-refractivity contribution < 1.29 is 13.2 Å². The average Bonchev–Trinajstić information content (AvgIpc) is 2.93. The quantitative estimate of drug-likeness (QED) is 0.791. The molecule has 4 rings (SSSR count). The van der Waals surface area contributed by atoms with E-state index in [2.05, 4.69) is 18.8 Å². The zero-order chi connectivity index (χ0) is 16.6. The van der Waals surface area contributed by atoms with Crippen molar-refractivity contribution >= 4 is 15.9 Å². The Kier molecular flexibility index (Phi) is 2.86. The van der Waals surface area contributed by atoms with Crippen molar-refractivity contribution in [2.45, 2.75) is 46.1 Å². The van der Waals surface area contributed by atoms with Crippen LogP contribution < -0.4 is 0 Å². The lowest BCUT2D eigenvalue weighted by Crippen LogP contribution is -2.44. The third kappa shape index (κ3) is 1.76. The van der Waals surface area contributed by atoms with E-state index in [1.807, 2.05) is 6.92 Å². The predicted octanol–water partition coefficient (Wildman–Crippen LogP) is 2.37. The second-order valence-corrected chi connectivity index (χ2v) is 9.82. The van der Waals surface area contributed by atoms with E-state index < -0.39 is 15.9 Å². The Hall–Kier alpha value is -1.43. The van der Waals surface area contributed by atoms with Gasteiger partial charge >= 0.3 is 0 Å². The van der Waals surface area contributed by atoms with Gasteiger partial charge in [0.2, 0.25) is 10.0 Å². The minimum atomic E-state index is -3.57. The van der Waals surface area contributed by atoms with Crippen LogP contribution >= 0.6 is 0 Å². The molecule has 2 bridgehead atoms. The maximum absolute atomic E-state index is 12.9. The molecule has 124 valence electrons. The van der Waals surface area contributed by atoms with Crippen LogP contribution in [-0.2, 0) is 10.0 Å². The van der Waals surface area contributed by atoms with Crippen molar-refractivity contribution in [2.24, 2.45) is 16.7 Å². The second-order valence-electron chi connectivity index (χ2n) is 7.97. The lowest BCUT2D eigenvalue weighted by molar-refractivity contribution is 0.0700. The summed E-state index contributed by atoms with van der Waals surface area (Å²) in [6.45, 7) is 6.22. The number of amides is 1. The molecule has 1 aromatic heterocycles. The summed E-state index contributed by atoms with van der Waals surface area (Å²) in [4.78, 5) is 17.0. The van der Waals surface area contributed by atoms with Gasteiger partial charge in [0.25, 0.3) is 5.91 Å². The van der Waals surface area contributed by atoms with Gasteiger partial charge in [-0.2, -0.15) is 0 Å². The molecule has 1 spiro atoms. The van der Waals surface area contributed by atoms with Crippen LogP contribution in [0.15, 0.2) is 18.5 Å². The maximum atomic E-state index is 12.9. The summed E-state index contributed by atoms with van der Waals surface area (Å²) in [5.74, 6) is 0.208. The molecular weight excluding hydrogens is 312 g/mol. The zero-order valence-electron chi connectivity index (χ0n) is 13.7. The molecule has 1 aliphatic heterocycles. The van der Waals surface area contributed by atoms with Gasteiger partial charge in [0, 0.05) is 17.8 Å². The fourth-order valence-corrected chi connectivity index (χ4v) is 7.89. The number of sulfonamides is 1. The Balaban J connectivity index is 1.80. The molecule has 6 heteroatoms. The molecule has 3 atom stereocenters. The summed E-state index contributed by atoms with van der Waals surface area (Å²) in [7, 11) is -3.57. The van der Waals surface area contributed by atoms with Gasteiger partial charge in [0.15, 0.2) is 0 Å². The Bertz CT molecular complexity index is 802. The first-order valence-corrected chi connectivity index (χ1v) is 9.78. The van der Waals surface area contributed by atoms with Crippen molar-refractivity contribution in [2.75, 3.05) is 5.75 Å². The zero-order valence-corrected chi connectivity index (χ0v) is 14.6. The van der Waals surface area contributed by atoms with Gasteiger partial charge < -0.3 is 0 Å². The number of fused-ring (bicyclic) bond motifs is 1. The van der Waals surface area contributed by atoms with Gasteiger partial charge in [-0.05, 0) is 49.1 Å². The van der Waals surface area contributed by atoms with Gasteiger partial charge in [-0.25, -0.2) is 12.7 Å². The highest BCUT2D eigenvalue weighted by Crippen LogP contribution is 2.70. The van der Waals surface area contributed by atoms with Crippen molar-refractivity contribution in [3.05, 3.63) is 29.6 Å². The highest BCUT2D eigenvalue weighted by atomic mass is 32.2. The lowest BCUT2D eigenvalue weighted by Gasteiger charge is -2.37. The summed E-state index contributed by atoms with van der Waals surface area (Å²) >= 11 is 0. The van der Waals surface area contributed by atoms with E-state index in [4.69, 9.17) is 0 Å². The van der Waals surface area contributed by atoms with Gasteiger partial charge in [0.1, 0.15) is 0 Å². The molecule has 23 heavy (non-hydrogen) atoms. The SMILES string of the molecule is Cc1cncc(C(=O)N2[C@@H]3C[C@H]4CC[C@]3(CS2(=O)=O)C4(C)C)c1. The molecule has 5 nitrogen and oxygen atoms in total. The largest absolute Gasteiger partial charge is 0.269 e. The van der Waals surface area contributed by atoms with Crippen LogP contribution in [0, 0.1) is 23.7 Å². The summed E-state index contributed by atoms with van der Waals surface area (Å²) in [5.41, 5.74) is 0.926. The number of aromatic nitrogens is 1. The van der Waals surface area contributed by atoms with E-state index >= 15 is 0 Å². The first kappa shape index (κ1) is 15.1. The molecule has 2 saturated carbocycles. The summed E-state index contributed by atoms with van der Waals surface area (Å²) in [5, 5.41) is 0. The molecule has 1 aromatic rings. The van der Waals surface area contributed by atoms with Crippen molar-refractivity contribution in [1.82, 2.24) is 9.29 Å². The molecular formula is C17H22N2O3S. The number of hydrogen-bond donors (Lipinski definition) is 0. The minimum absolute atomic E-state index is 0.0232. The molecule has 3 fully saturated rings. The molecule has 3 aliphatic rings. The summed E-state index contributed by atoms with van der Waals surface area (Å²) < 4.78 is 26.9. The normalized spacial score (nSPS) is 36.2. The van der Waals surface area contributed by atoms with E-state index in [1.54, 1.807) is 12.3 Å². The number of aryl methyl sites for hydroxylation is 1. The van der Waals surface area contributed by atoms with E-state index in [0.29, 0.717) is 11.5 Å². The van der Waals surface area contributed by atoms with Crippen LogP contribution in [0.25, 0.3) is 0 Å². The Morgan fingerprint density at radius 1 is 1.35 bits per heavy atom. The molecule has 2 heterocycles. The van der Waals surface area contributed by atoms with Gasteiger partial charge in [-0.1, -0.05) is 13.8 Å². The third-order valence-electron chi connectivity index (χ3n) is 6.73.